The standard InChI is InChI=1S/C29H32FN7O4S/c1-29(2,3)41-28(38)33-11-12-39-13-14-40-24-16-21(30)8-9-22(24)26-27-23(10-15-42-27)25(34-35-26)20-6-4-19(5-7-20)17-37(18-31)36-32/h4-10,15-16,18,31-32H,11-14,17H2,1-3H3,(H,33,38). The number of amides is 1. The monoisotopic (exact) mass is 593 g/mol. The number of nitrogens with one attached hydrogen (secondary N) is 3. The fourth-order valence-electron chi connectivity index (χ4n) is 4.00. The minimum atomic E-state index is -0.572. The van der Waals surface area contributed by atoms with Crippen molar-refractivity contribution in [2.24, 2.45) is 5.22 Å². The summed E-state index contributed by atoms with van der Waals surface area (Å²) >= 11 is 1.50. The van der Waals surface area contributed by atoms with Crippen LogP contribution in [0.25, 0.3) is 32.6 Å². The molecular weight excluding hydrogens is 561 g/mol. The van der Waals surface area contributed by atoms with Crippen LogP contribution in [0.2, 0.25) is 0 Å². The fraction of sp³-hybridized carbons (Fsp3) is 0.310. The summed E-state index contributed by atoms with van der Waals surface area (Å²) in [6.07, 6.45) is 0.482. The number of benzene rings is 2. The molecule has 0 bridgehead atoms. The Balaban J connectivity index is 1.43. The van der Waals surface area contributed by atoms with E-state index >= 15 is 0 Å². The Bertz CT molecular complexity index is 1530. The van der Waals surface area contributed by atoms with E-state index in [1.165, 1.54) is 28.5 Å². The second-order valence-corrected chi connectivity index (χ2v) is 11.0. The summed E-state index contributed by atoms with van der Waals surface area (Å²) in [6, 6.07) is 13.9. The largest absolute Gasteiger partial charge is 0.490 e. The highest BCUT2D eigenvalue weighted by atomic mass is 32.1. The zero-order valence-electron chi connectivity index (χ0n) is 23.5. The van der Waals surface area contributed by atoms with Crippen LogP contribution in [0.4, 0.5) is 9.18 Å². The molecule has 2 aromatic carbocycles. The molecule has 0 saturated carbocycles. The first kappa shape index (κ1) is 30.5. The zero-order valence-corrected chi connectivity index (χ0v) is 24.3. The lowest BCUT2D eigenvalue weighted by molar-refractivity contribution is 0.0489. The number of hydrogen-bond acceptors (Lipinski definition) is 10. The van der Waals surface area contributed by atoms with Crippen LogP contribution < -0.4 is 10.1 Å². The van der Waals surface area contributed by atoms with E-state index in [1.807, 2.05) is 35.7 Å². The van der Waals surface area contributed by atoms with Gasteiger partial charge in [0, 0.05) is 29.1 Å². The predicted octanol–water partition coefficient (Wildman–Crippen LogP) is 6.44. The van der Waals surface area contributed by atoms with Gasteiger partial charge >= 0.3 is 6.09 Å². The summed E-state index contributed by atoms with van der Waals surface area (Å²) < 4.78 is 31.7. The minimum absolute atomic E-state index is 0.164. The van der Waals surface area contributed by atoms with Crippen LogP contribution in [0.15, 0.2) is 59.1 Å². The Morgan fingerprint density at radius 3 is 2.57 bits per heavy atom. The van der Waals surface area contributed by atoms with E-state index in [1.54, 1.807) is 26.8 Å². The molecule has 0 aliphatic carbocycles. The number of carbonyl (C=O) groups is 1. The molecule has 11 nitrogen and oxygen atoms in total. The summed E-state index contributed by atoms with van der Waals surface area (Å²) in [7, 11) is 0. The first-order valence-electron chi connectivity index (χ1n) is 13.1. The van der Waals surface area contributed by atoms with Crippen molar-refractivity contribution in [3.63, 3.8) is 0 Å². The van der Waals surface area contributed by atoms with Crippen LogP contribution in [0.5, 0.6) is 5.75 Å². The first-order valence-corrected chi connectivity index (χ1v) is 14.0. The maximum Gasteiger partial charge on any atom is 0.407 e. The number of halogens is 1. The molecule has 1 amide bonds. The Labute approximate surface area is 246 Å². The lowest BCUT2D eigenvalue weighted by Crippen LogP contribution is -2.34. The van der Waals surface area contributed by atoms with Crippen LogP contribution in [0, 0.1) is 16.8 Å². The molecule has 0 unspecified atom stereocenters. The molecule has 4 aromatic rings. The SMILES string of the molecule is CC(C)(C)OC(=O)NCCOCCOc1cc(F)ccc1-c1nnc(-c2ccc(CN(C=N)N=N)cc2)c2ccsc12. The van der Waals surface area contributed by atoms with Gasteiger partial charge in [0.1, 0.15) is 41.5 Å². The second kappa shape index (κ2) is 13.9. The lowest BCUT2D eigenvalue weighted by atomic mass is 10.0. The Morgan fingerprint density at radius 2 is 1.86 bits per heavy atom. The Hall–Kier alpha value is -4.49. The normalized spacial score (nSPS) is 11.2. The van der Waals surface area contributed by atoms with Gasteiger partial charge in [-0.15, -0.1) is 21.5 Å². The van der Waals surface area contributed by atoms with Crippen LogP contribution in [-0.4, -0.2) is 59.6 Å². The molecule has 2 aromatic heterocycles. The van der Waals surface area contributed by atoms with Gasteiger partial charge in [0.2, 0.25) is 0 Å². The number of fused-ring (bicyclic) bond motifs is 1. The van der Waals surface area contributed by atoms with Gasteiger partial charge in [0.05, 0.1) is 24.5 Å². The van der Waals surface area contributed by atoms with E-state index in [9.17, 15) is 9.18 Å². The Kier molecular flexibility index (Phi) is 10.1. The van der Waals surface area contributed by atoms with Crippen molar-refractivity contribution < 1.29 is 23.4 Å². The highest BCUT2D eigenvalue weighted by molar-refractivity contribution is 7.17. The molecule has 4 rings (SSSR count). The van der Waals surface area contributed by atoms with E-state index in [2.05, 4.69) is 20.7 Å². The van der Waals surface area contributed by atoms with E-state index in [0.717, 1.165) is 27.6 Å². The number of carbonyl (C=O) groups excluding carboxylic acids is 1. The van der Waals surface area contributed by atoms with Crippen molar-refractivity contribution in [1.82, 2.24) is 20.5 Å². The van der Waals surface area contributed by atoms with Crippen molar-refractivity contribution in [1.29, 1.82) is 10.9 Å². The van der Waals surface area contributed by atoms with Crippen molar-refractivity contribution >= 4 is 33.9 Å². The molecular formula is C29H32FN7O4S. The van der Waals surface area contributed by atoms with Gasteiger partial charge in [-0.05, 0) is 49.9 Å². The topological polar surface area (TPSA) is 146 Å². The molecule has 2 heterocycles. The number of hydrogen-bond donors (Lipinski definition) is 3. The maximum atomic E-state index is 14.2. The van der Waals surface area contributed by atoms with Crippen molar-refractivity contribution in [3.05, 3.63) is 65.3 Å². The molecule has 13 heteroatoms. The average molecular weight is 594 g/mol. The predicted molar refractivity (Wildman–Crippen MR) is 158 cm³/mol. The maximum absolute atomic E-state index is 14.2. The van der Waals surface area contributed by atoms with Crippen molar-refractivity contribution in [3.8, 4) is 28.3 Å². The molecule has 0 saturated heterocycles. The molecule has 0 aliphatic rings. The summed E-state index contributed by atoms with van der Waals surface area (Å²) in [4.78, 5) is 11.7. The molecule has 0 fully saturated rings. The van der Waals surface area contributed by atoms with Crippen LogP contribution in [-0.2, 0) is 16.0 Å². The number of aromatic nitrogens is 2. The van der Waals surface area contributed by atoms with Crippen LogP contribution >= 0.6 is 11.3 Å². The average Bonchev–Trinajstić information content (AvgIpc) is 3.45. The molecule has 42 heavy (non-hydrogen) atoms. The number of nitrogens with zero attached hydrogens (tertiary/aromatic N) is 4. The Morgan fingerprint density at radius 1 is 1.10 bits per heavy atom. The second-order valence-electron chi connectivity index (χ2n) is 10.1. The highest BCUT2D eigenvalue weighted by Gasteiger charge is 2.18. The summed E-state index contributed by atoms with van der Waals surface area (Å²) in [5.41, 5.74) is 10.2. The number of thiophene rings is 1. The van der Waals surface area contributed by atoms with E-state index in [4.69, 9.17) is 25.2 Å². The molecule has 0 spiro atoms. The number of rotatable bonds is 13. The molecule has 0 radical (unpaired) electrons. The first-order chi connectivity index (χ1) is 20.2. The molecule has 0 aliphatic heterocycles. The van der Waals surface area contributed by atoms with Crippen molar-refractivity contribution in [2.75, 3.05) is 26.4 Å². The summed E-state index contributed by atoms with van der Waals surface area (Å²) in [5, 5.41) is 26.3. The molecule has 0 atom stereocenters. The van der Waals surface area contributed by atoms with E-state index < -0.39 is 17.5 Å². The van der Waals surface area contributed by atoms with Gasteiger partial charge in [0.15, 0.2) is 0 Å². The van der Waals surface area contributed by atoms with E-state index in [0.29, 0.717) is 29.2 Å². The zero-order chi connectivity index (χ0) is 30.1. The van der Waals surface area contributed by atoms with E-state index in [-0.39, 0.29) is 26.4 Å². The van der Waals surface area contributed by atoms with Gasteiger partial charge in [-0.3, -0.25) is 5.41 Å². The van der Waals surface area contributed by atoms with Gasteiger partial charge in [-0.1, -0.05) is 29.5 Å². The number of alkyl carbamates (subject to hydrolysis) is 1. The molecule has 220 valence electrons. The third-order valence-corrected chi connectivity index (χ3v) is 6.75. The smallest absolute Gasteiger partial charge is 0.407 e. The van der Waals surface area contributed by atoms with Crippen LogP contribution in [0.1, 0.15) is 26.3 Å². The lowest BCUT2D eigenvalue weighted by Gasteiger charge is -2.19. The van der Waals surface area contributed by atoms with Gasteiger partial charge in [-0.2, -0.15) is 5.53 Å². The van der Waals surface area contributed by atoms with Crippen molar-refractivity contribution in [2.45, 2.75) is 32.9 Å². The van der Waals surface area contributed by atoms with Gasteiger partial charge in [0.25, 0.3) is 0 Å². The summed E-state index contributed by atoms with van der Waals surface area (Å²) in [6.45, 7) is 6.63. The van der Waals surface area contributed by atoms with Crippen LogP contribution in [0.3, 0.4) is 0 Å². The number of ether oxygens (including phenoxy) is 3. The quantitative estimate of drug-likeness (QED) is 0.0532. The molecule has 3 N–H and O–H groups in total. The fourth-order valence-corrected chi connectivity index (χ4v) is 4.89. The third-order valence-electron chi connectivity index (χ3n) is 5.83. The third kappa shape index (κ3) is 8.04. The van der Waals surface area contributed by atoms with Gasteiger partial charge < -0.3 is 19.5 Å². The summed E-state index contributed by atoms with van der Waals surface area (Å²) in [5.74, 6) is -0.120. The van der Waals surface area contributed by atoms with Gasteiger partial charge in [-0.25, -0.2) is 14.2 Å². The highest BCUT2D eigenvalue weighted by Crippen LogP contribution is 2.39. The minimum Gasteiger partial charge on any atom is -0.490 e.